The van der Waals surface area contributed by atoms with Crippen LogP contribution in [0.25, 0.3) is 0 Å². The Balaban J connectivity index is 3.52. The summed E-state index contributed by atoms with van der Waals surface area (Å²) in [6.07, 6.45) is 4.44. The molecule has 0 aliphatic carbocycles. The fraction of sp³-hybridized carbons (Fsp3) is 0.900. The number of rotatable bonds is 10. The Labute approximate surface area is 104 Å². The Morgan fingerprint density at radius 2 is 1.56 bits per heavy atom. The Bertz CT molecular complexity index is 198. The molecule has 4 nitrogen and oxygen atoms in total. The quantitative estimate of drug-likeness (QED) is 0.344. The van der Waals surface area contributed by atoms with Crippen molar-refractivity contribution >= 4 is 20.6 Å². The molecule has 0 aliphatic rings. The van der Waals surface area contributed by atoms with Crippen molar-refractivity contribution in [2.75, 3.05) is 27.1 Å². The molecule has 0 aromatic rings. The van der Waals surface area contributed by atoms with Gasteiger partial charge in [-0.3, -0.25) is 0 Å². The maximum atomic E-state index is 8.34. The van der Waals surface area contributed by atoms with Crippen molar-refractivity contribution in [2.24, 2.45) is 0 Å². The minimum absolute atomic E-state index is 0.863. The molecule has 0 aliphatic heterocycles. The molecule has 0 saturated carbocycles. The Kier molecular flexibility index (Phi) is 10.1. The minimum atomic E-state index is -2.35. The van der Waals surface area contributed by atoms with Crippen molar-refractivity contribution in [3.63, 3.8) is 0 Å². The van der Waals surface area contributed by atoms with E-state index in [2.05, 4.69) is 5.40 Å². The van der Waals surface area contributed by atoms with E-state index in [4.69, 9.17) is 18.5 Å². The summed E-state index contributed by atoms with van der Waals surface area (Å²) >= 11 is 1.33. The van der Waals surface area contributed by atoms with Crippen molar-refractivity contribution < 1.29 is 13.3 Å². The lowest BCUT2D eigenvalue weighted by atomic mass is 10.2. The number of nitrogens with zero attached hydrogens (tertiary/aromatic N) is 1. The monoisotopic (exact) mass is 263 g/mol. The second-order valence-electron chi connectivity index (χ2n) is 3.40. The first-order valence-electron chi connectivity index (χ1n) is 5.41. The van der Waals surface area contributed by atoms with Crippen LogP contribution >= 0.6 is 11.8 Å². The van der Waals surface area contributed by atoms with Gasteiger partial charge in [0.25, 0.3) is 0 Å². The van der Waals surface area contributed by atoms with Crippen LogP contribution in [-0.2, 0) is 13.3 Å². The standard InChI is InChI=1S/C10H21NO3SSi/c1-12-16(13-2,14-3)9-7-5-4-6-8-15-10-11/h4-9H2,1-3H3. The highest BCUT2D eigenvalue weighted by Gasteiger charge is 2.36. The van der Waals surface area contributed by atoms with E-state index in [1.807, 2.05) is 0 Å². The minimum Gasteiger partial charge on any atom is -0.377 e. The summed E-state index contributed by atoms with van der Waals surface area (Å²) in [5.41, 5.74) is 0. The zero-order valence-corrected chi connectivity index (χ0v) is 12.1. The molecule has 0 unspecified atom stereocenters. The molecule has 0 spiro atoms. The van der Waals surface area contributed by atoms with Crippen LogP contribution in [0.5, 0.6) is 0 Å². The lowest BCUT2D eigenvalue weighted by molar-refractivity contribution is 0.122. The first-order valence-corrected chi connectivity index (χ1v) is 8.32. The van der Waals surface area contributed by atoms with Gasteiger partial charge in [0.1, 0.15) is 5.40 Å². The van der Waals surface area contributed by atoms with E-state index in [0.29, 0.717) is 0 Å². The maximum Gasteiger partial charge on any atom is 0.500 e. The Hall–Kier alpha value is -0.0631. The summed E-state index contributed by atoms with van der Waals surface area (Å²) in [6, 6.07) is 0.863. The van der Waals surface area contributed by atoms with Crippen LogP contribution in [-0.4, -0.2) is 35.9 Å². The molecule has 0 bridgehead atoms. The zero-order valence-electron chi connectivity index (χ0n) is 10.3. The van der Waals surface area contributed by atoms with Crippen molar-refractivity contribution in [2.45, 2.75) is 31.7 Å². The molecule has 0 heterocycles. The van der Waals surface area contributed by atoms with Crippen molar-refractivity contribution in [3.05, 3.63) is 0 Å². The van der Waals surface area contributed by atoms with Gasteiger partial charge in [0, 0.05) is 33.1 Å². The van der Waals surface area contributed by atoms with Crippen LogP contribution < -0.4 is 0 Å². The molecule has 0 aromatic heterocycles. The summed E-state index contributed by atoms with van der Waals surface area (Å²) in [4.78, 5) is 0. The molecule has 0 amide bonds. The average Bonchev–Trinajstić information content (AvgIpc) is 2.34. The topological polar surface area (TPSA) is 51.5 Å². The van der Waals surface area contributed by atoms with E-state index < -0.39 is 8.80 Å². The molecular weight excluding hydrogens is 242 g/mol. The smallest absolute Gasteiger partial charge is 0.377 e. The van der Waals surface area contributed by atoms with Gasteiger partial charge >= 0.3 is 8.80 Å². The van der Waals surface area contributed by atoms with Crippen molar-refractivity contribution in [3.8, 4) is 5.40 Å². The summed E-state index contributed by atoms with van der Waals surface area (Å²) in [7, 11) is 2.57. The van der Waals surface area contributed by atoms with Gasteiger partial charge in [-0.25, -0.2) is 0 Å². The Morgan fingerprint density at radius 1 is 1.00 bits per heavy atom. The fourth-order valence-corrected chi connectivity index (χ4v) is 3.71. The van der Waals surface area contributed by atoms with E-state index in [1.54, 1.807) is 21.3 Å². The van der Waals surface area contributed by atoms with E-state index >= 15 is 0 Å². The molecule has 0 rings (SSSR count). The van der Waals surface area contributed by atoms with E-state index in [-0.39, 0.29) is 0 Å². The first-order chi connectivity index (χ1) is 7.74. The predicted molar refractivity (Wildman–Crippen MR) is 68.1 cm³/mol. The van der Waals surface area contributed by atoms with Gasteiger partial charge in [-0.15, -0.1) is 0 Å². The highest BCUT2D eigenvalue weighted by atomic mass is 32.2. The highest BCUT2D eigenvalue weighted by molar-refractivity contribution is 8.03. The van der Waals surface area contributed by atoms with Gasteiger partial charge in [0.05, 0.1) is 0 Å². The molecular formula is C10H21NO3SSi. The highest BCUT2D eigenvalue weighted by Crippen LogP contribution is 2.17. The number of thioether (sulfide) groups is 1. The lowest BCUT2D eigenvalue weighted by Crippen LogP contribution is -2.42. The molecule has 0 atom stereocenters. The SMILES string of the molecule is CO[Si](CCCCCCSC#N)(OC)OC. The first kappa shape index (κ1) is 15.9. The normalized spacial score (nSPS) is 11.4. The largest absolute Gasteiger partial charge is 0.500 e. The summed E-state index contributed by atoms with van der Waals surface area (Å²) in [6.45, 7) is 0. The maximum absolute atomic E-state index is 8.34. The molecule has 94 valence electrons. The van der Waals surface area contributed by atoms with Gasteiger partial charge in [0.2, 0.25) is 0 Å². The summed E-state index contributed by atoms with van der Waals surface area (Å²) in [5, 5.41) is 10.4. The van der Waals surface area contributed by atoms with Crippen LogP contribution in [0.2, 0.25) is 6.04 Å². The van der Waals surface area contributed by atoms with Crippen LogP contribution in [0.3, 0.4) is 0 Å². The lowest BCUT2D eigenvalue weighted by Gasteiger charge is -2.24. The second kappa shape index (κ2) is 10.1. The number of unbranched alkanes of at least 4 members (excludes halogenated alkanes) is 3. The number of thiocyanates is 1. The van der Waals surface area contributed by atoms with E-state index in [1.165, 1.54) is 11.8 Å². The van der Waals surface area contributed by atoms with Gasteiger partial charge in [-0.1, -0.05) is 12.8 Å². The van der Waals surface area contributed by atoms with Crippen LogP contribution in [0.1, 0.15) is 25.7 Å². The molecule has 0 aromatic carbocycles. The average molecular weight is 263 g/mol. The third kappa shape index (κ3) is 6.50. The zero-order chi connectivity index (χ0) is 12.3. The Morgan fingerprint density at radius 3 is 2.06 bits per heavy atom. The number of hydrogen-bond donors (Lipinski definition) is 0. The third-order valence-corrected chi connectivity index (χ3v) is 5.93. The molecule has 0 radical (unpaired) electrons. The van der Waals surface area contributed by atoms with Crippen LogP contribution in [0, 0.1) is 10.7 Å². The van der Waals surface area contributed by atoms with Gasteiger partial charge in [-0.05, 0) is 24.6 Å². The molecule has 6 heteroatoms. The third-order valence-electron chi connectivity index (χ3n) is 2.48. The molecule has 0 N–H and O–H groups in total. The van der Waals surface area contributed by atoms with Gasteiger partial charge in [0.15, 0.2) is 0 Å². The van der Waals surface area contributed by atoms with Gasteiger partial charge < -0.3 is 13.3 Å². The molecule has 0 saturated heterocycles. The van der Waals surface area contributed by atoms with Gasteiger partial charge in [-0.2, -0.15) is 5.26 Å². The molecule has 0 fully saturated rings. The predicted octanol–water partition coefficient (Wildman–Crippen LogP) is 2.64. The van der Waals surface area contributed by atoms with Crippen LogP contribution in [0.4, 0.5) is 0 Å². The second-order valence-corrected chi connectivity index (χ2v) is 7.37. The summed E-state index contributed by atoms with van der Waals surface area (Å²) < 4.78 is 16.0. The fourth-order valence-electron chi connectivity index (χ4n) is 1.47. The van der Waals surface area contributed by atoms with Crippen molar-refractivity contribution in [1.29, 1.82) is 5.26 Å². The number of hydrogen-bond acceptors (Lipinski definition) is 5. The van der Waals surface area contributed by atoms with Crippen molar-refractivity contribution in [1.82, 2.24) is 0 Å². The van der Waals surface area contributed by atoms with E-state index in [0.717, 1.165) is 37.5 Å². The molecule has 16 heavy (non-hydrogen) atoms. The number of nitriles is 1. The summed E-state index contributed by atoms with van der Waals surface area (Å²) in [5.74, 6) is 0.928. The van der Waals surface area contributed by atoms with E-state index in [9.17, 15) is 0 Å². The van der Waals surface area contributed by atoms with Crippen LogP contribution in [0.15, 0.2) is 0 Å².